The standard InChI is InChI=1S/C18H31NS/c1-5-11-19-17(13-16(6-2)7-3)14-20-18-10-8-9-15(4)12-18/h8-10,12,16-17,19H,5-7,11,13-14H2,1-4H3. The van der Waals surface area contributed by atoms with E-state index in [1.807, 2.05) is 11.8 Å². The molecule has 0 heterocycles. The van der Waals surface area contributed by atoms with Crippen LogP contribution in [0.5, 0.6) is 0 Å². The van der Waals surface area contributed by atoms with Crippen LogP contribution in [0.4, 0.5) is 0 Å². The molecule has 0 aliphatic heterocycles. The summed E-state index contributed by atoms with van der Waals surface area (Å²) in [5.74, 6) is 2.04. The Hall–Kier alpha value is -0.470. The molecule has 0 amide bonds. The second-order valence-corrected chi connectivity index (χ2v) is 6.79. The summed E-state index contributed by atoms with van der Waals surface area (Å²) in [7, 11) is 0. The number of hydrogen-bond donors (Lipinski definition) is 1. The fourth-order valence-corrected chi connectivity index (χ4v) is 3.58. The third-order valence-corrected chi connectivity index (χ3v) is 5.05. The van der Waals surface area contributed by atoms with Gasteiger partial charge in [0.2, 0.25) is 0 Å². The quantitative estimate of drug-likeness (QED) is 0.589. The smallest absolute Gasteiger partial charge is 0.0164 e. The Morgan fingerprint density at radius 2 is 1.90 bits per heavy atom. The Kier molecular flexibility index (Phi) is 9.04. The predicted molar refractivity (Wildman–Crippen MR) is 92.7 cm³/mol. The van der Waals surface area contributed by atoms with Crippen LogP contribution < -0.4 is 5.32 Å². The van der Waals surface area contributed by atoms with Crippen LogP contribution >= 0.6 is 11.8 Å². The molecule has 0 fully saturated rings. The lowest BCUT2D eigenvalue weighted by Gasteiger charge is -2.23. The first-order valence-electron chi connectivity index (χ1n) is 8.12. The van der Waals surface area contributed by atoms with Crippen LogP contribution in [-0.2, 0) is 0 Å². The fraction of sp³-hybridized carbons (Fsp3) is 0.667. The molecule has 0 spiro atoms. The van der Waals surface area contributed by atoms with E-state index >= 15 is 0 Å². The Balaban J connectivity index is 2.50. The minimum atomic E-state index is 0.644. The van der Waals surface area contributed by atoms with Gasteiger partial charge in [0.05, 0.1) is 0 Å². The van der Waals surface area contributed by atoms with Gasteiger partial charge in [-0.2, -0.15) is 0 Å². The van der Waals surface area contributed by atoms with E-state index < -0.39 is 0 Å². The molecule has 0 bridgehead atoms. The molecule has 0 saturated heterocycles. The average molecular weight is 294 g/mol. The summed E-state index contributed by atoms with van der Waals surface area (Å²) in [6.07, 6.45) is 5.13. The summed E-state index contributed by atoms with van der Waals surface area (Å²) in [5, 5.41) is 3.73. The normalized spacial score (nSPS) is 12.8. The van der Waals surface area contributed by atoms with Crippen LogP contribution in [0.1, 0.15) is 52.0 Å². The molecule has 0 saturated carbocycles. The summed E-state index contributed by atoms with van der Waals surface area (Å²) >= 11 is 1.99. The van der Waals surface area contributed by atoms with Crippen molar-refractivity contribution in [2.75, 3.05) is 12.3 Å². The monoisotopic (exact) mass is 293 g/mol. The first-order chi connectivity index (χ1) is 9.69. The zero-order valence-corrected chi connectivity index (χ0v) is 14.4. The number of benzene rings is 1. The summed E-state index contributed by atoms with van der Waals surface area (Å²) in [6.45, 7) is 10.2. The average Bonchev–Trinajstić information content (AvgIpc) is 2.46. The van der Waals surface area contributed by atoms with Crippen molar-refractivity contribution in [3.8, 4) is 0 Å². The number of thioether (sulfide) groups is 1. The molecular weight excluding hydrogens is 262 g/mol. The maximum atomic E-state index is 3.73. The van der Waals surface area contributed by atoms with Crippen molar-refractivity contribution < 1.29 is 0 Å². The molecular formula is C18H31NS. The SMILES string of the molecule is CCCNC(CSc1cccc(C)c1)CC(CC)CC. The first kappa shape index (κ1) is 17.6. The van der Waals surface area contributed by atoms with E-state index in [2.05, 4.69) is 57.3 Å². The summed E-state index contributed by atoms with van der Waals surface area (Å²) in [6, 6.07) is 9.49. The van der Waals surface area contributed by atoms with Crippen molar-refractivity contribution in [3.63, 3.8) is 0 Å². The second kappa shape index (κ2) is 10.3. The van der Waals surface area contributed by atoms with Crippen LogP contribution in [0.2, 0.25) is 0 Å². The molecule has 1 atom stereocenters. The van der Waals surface area contributed by atoms with Gasteiger partial charge >= 0.3 is 0 Å². The molecule has 0 aromatic heterocycles. The van der Waals surface area contributed by atoms with Gasteiger partial charge in [-0.05, 0) is 44.4 Å². The van der Waals surface area contributed by atoms with Crippen molar-refractivity contribution in [2.24, 2.45) is 5.92 Å². The van der Waals surface area contributed by atoms with E-state index in [0.717, 1.165) is 12.5 Å². The molecule has 1 nitrogen and oxygen atoms in total. The molecule has 0 aliphatic rings. The summed E-state index contributed by atoms with van der Waals surface area (Å²) in [4.78, 5) is 1.40. The highest BCUT2D eigenvalue weighted by atomic mass is 32.2. The molecule has 1 rings (SSSR count). The van der Waals surface area contributed by atoms with E-state index in [-0.39, 0.29) is 0 Å². The van der Waals surface area contributed by atoms with E-state index in [1.165, 1.54) is 41.9 Å². The van der Waals surface area contributed by atoms with Crippen molar-refractivity contribution in [2.45, 2.75) is 64.3 Å². The molecule has 1 N–H and O–H groups in total. The van der Waals surface area contributed by atoms with Crippen molar-refractivity contribution >= 4 is 11.8 Å². The molecule has 20 heavy (non-hydrogen) atoms. The Morgan fingerprint density at radius 3 is 2.50 bits per heavy atom. The van der Waals surface area contributed by atoms with Gasteiger partial charge in [0.15, 0.2) is 0 Å². The Bertz CT molecular complexity index is 360. The Morgan fingerprint density at radius 1 is 1.15 bits per heavy atom. The van der Waals surface area contributed by atoms with Gasteiger partial charge in [-0.1, -0.05) is 51.3 Å². The maximum Gasteiger partial charge on any atom is 0.0164 e. The van der Waals surface area contributed by atoms with Gasteiger partial charge in [-0.3, -0.25) is 0 Å². The lowest BCUT2D eigenvalue weighted by molar-refractivity contribution is 0.384. The topological polar surface area (TPSA) is 12.0 Å². The van der Waals surface area contributed by atoms with E-state index in [4.69, 9.17) is 0 Å². The maximum absolute atomic E-state index is 3.73. The van der Waals surface area contributed by atoms with Gasteiger partial charge < -0.3 is 5.32 Å². The molecule has 1 aromatic rings. The zero-order chi connectivity index (χ0) is 14.8. The van der Waals surface area contributed by atoms with E-state index in [0.29, 0.717) is 6.04 Å². The van der Waals surface area contributed by atoms with Gasteiger partial charge in [0.25, 0.3) is 0 Å². The number of aryl methyl sites for hydroxylation is 1. The third-order valence-electron chi connectivity index (χ3n) is 3.90. The highest BCUT2D eigenvalue weighted by Gasteiger charge is 2.14. The van der Waals surface area contributed by atoms with Gasteiger partial charge in [-0.25, -0.2) is 0 Å². The molecule has 1 unspecified atom stereocenters. The first-order valence-corrected chi connectivity index (χ1v) is 9.10. The third kappa shape index (κ3) is 6.81. The largest absolute Gasteiger partial charge is 0.313 e. The second-order valence-electron chi connectivity index (χ2n) is 5.70. The number of nitrogens with one attached hydrogen (secondary N) is 1. The molecule has 0 aliphatic carbocycles. The van der Waals surface area contributed by atoms with Gasteiger partial charge in [-0.15, -0.1) is 11.8 Å². The fourth-order valence-electron chi connectivity index (χ4n) is 2.49. The highest BCUT2D eigenvalue weighted by molar-refractivity contribution is 7.99. The van der Waals surface area contributed by atoms with Crippen molar-refractivity contribution in [3.05, 3.63) is 29.8 Å². The minimum Gasteiger partial charge on any atom is -0.313 e. The lowest BCUT2D eigenvalue weighted by atomic mass is 9.95. The Labute approximate surface area is 129 Å². The van der Waals surface area contributed by atoms with Crippen LogP contribution in [0, 0.1) is 12.8 Å². The lowest BCUT2D eigenvalue weighted by Crippen LogP contribution is -2.33. The molecule has 0 radical (unpaired) electrons. The number of hydrogen-bond acceptors (Lipinski definition) is 2. The summed E-state index contributed by atoms with van der Waals surface area (Å²) in [5.41, 5.74) is 1.35. The van der Waals surface area contributed by atoms with Crippen LogP contribution in [0.3, 0.4) is 0 Å². The van der Waals surface area contributed by atoms with E-state index in [9.17, 15) is 0 Å². The van der Waals surface area contributed by atoms with Gasteiger partial charge in [0.1, 0.15) is 0 Å². The molecule has 114 valence electrons. The van der Waals surface area contributed by atoms with Crippen LogP contribution in [-0.4, -0.2) is 18.3 Å². The number of rotatable bonds is 10. The molecule has 2 heteroatoms. The minimum absolute atomic E-state index is 0.644. The van der Waals surface area contributed by atoms with Gasteiger partial charge in [0, 0.05) is 16.7 Å². The van der Waals surface area contributed by atoms with Crippen molar-refractivity contribution in [1.29, 1.82) is 0 Å². The zero-order valence-electron chi connectivity index (χ0n) is 13.6. The highest BCUT2D eigenvalue weighted by Crippen LogP contribution is 2.23. The predicted octanol–water partition coefficient (Wildman–Crippen LogP) is 5.28. The van der Waals surface area contributed by atoms with Crippen molar-refractivity contribution in [1.82, 2.24) is 5.32 Å². The summed E-state index contributed by atoms with van der Waals surface area (Å²) < 4.78 is 0. The molecule has 1 aromatic carbocycles. The van der Waals surface area contributed by atoms with Crippen LogP contribution in [0.15, 0.2) is 29.2 Å². The van der Waals surface area contributed by atoms with Crippen LogP contribution in [0.25, 0.3) is 0 Å². The van der Waals surface area contributed by atoms with E-state index in [1.54, 1.807) is 0 Å².